The van der Waals surface area contributed by atoms with Crippen molar-refractivity contribution in [2.24, 2.45) is 11.8 Å². The second-order valence-corrected chi connectivity index (χ2v) is 12.4. The van der Waals surface area contributed by atoms with E-state index in [2.05, 4.69) is 20.8 Å². The van der Waals surface area contributed by atoms with Gasteiger partial charge in [-0.15, -0.1) is 24.8 Å². The van der Waals surface area contributed by atoms with Gasteiger partial charge >= 0.3 is 0 Å². The van der Waals surface area contributed by atoms with Gasteiger partial charge in [-0.3, -0.25) is 0 Å². The Balaban J connectivity index is -0.00000648. The molecule has 39 heavy (non-hydrogen) atoms. The zero-order valence-corrected chi connectivity index (χ0v) is 28.8. The quantitative estimate of drug-likeness (QED) is 0.0560. The van der Waals surface area contributed by atoms with Crippen molar-refractivity contribution in [1.82, 2.24) is 0 Å². The minimum Gasteiger partial charge on any atom is -0.303 e. The summed E-state index contributed by atoms with van der Waals surface area (Å²) in [6, 6.07) is 0. The van der Waals surface area contributed by atoms with Gasteiger partial charge in [0, 0.05) is 6.42 Å². The van der Waals surface area contributed by atoms with Crippen LogP contribution in [0.4, 0.5) is 0 Å². The van der Waals surface area contributed by atoms with Crippen LogP contribution in [0.2, 0.25) is 0 Å². The number of carbonyl (C=O) groups excluding carboxylic acids is 1. The van der Waals surface area contributed by atoms with Crippen LogP contribution in [0, 0.1) is 11.8 Å². The van der Waals surface area contributed by atoms with Crippen LogP contribution >= 0.6 is 24.8 Å². The first kappa shape index (κ1) is 43.7. The lowest BCUT2D eigenvalue weighted by molar-refractivity contribution is -0.107. The minimum atomic E-state index is 0. The highest BCUT2D eigenvalue weighted by Gasteiger charge is 2.20. The molecule has 0 spiro atoms. The fourth-order valence-corrected chi connectivity index (χ4v) is 6.31. The molecule has 0 aromatic carbocycles. The molecule has 238 valence electrons. The first-order valence-electron chi connectivity index (χ1n) is 17.7. The normalized spacial score (nSPS) is 12.5. The summed E-state index contributed by atoms with van der Waals surface area (Å²) in [5.41, 5.74) is 0. The molecule has 0 aromatic rings. The molecule has 2 atom stereocenters. The van der Waals surface area contributed by atoms with Gasteiger partial charge in [0.2, 0.25) is 0 Å². The number of hydrogen-bond acceptors (Lipinski definition) is 1. The van der Waals surface area contributed by atoms with Gasteiger partial charge in [0.15, 0.2) is 0 Å². The molecule has 0 bridgehead atoms. The van der Waals surface area contributed by atoms with E-state index in [9.17, 15) is 4.79 Å². The average Bonchev–Trinajstić information content (AvgIpc) is 2.91. The summed E-state index contributed by atoms with van der Waals surface area (Å²) in [5, 5.41) is 0. The van der Waals surface area contributed by atoms with E-state index in [0.29, 0.717) is 0 Å². The maximum absolute atomic E-state index is 10.6. The van der Waals surface area contributed by atoms with Crippen LogP contribution in [0.15, 0.2) is 0 Å². The lowest BCUT2D eigenvalue weighted by atomic mass is 9.78. The van der Waals surface area contributed by atoms with E-state index in [4.69, 9.17) is 0 Å². The molecule has 0 aliphatic rings. The Kier molecular flexibility index (Phi) is 42.9. The topological polar surface area (TPSA) is 17.1 Å². The Hall–Kier alpha value is 0.250. The highest BCUT2D eigenvalue weighted by Crippen LogP contribution is 2.33. The maximum atomic E-state index is 10.6. The van der Waals surface area contributed by atoms with Crippen molar-refractivity contribution in [2.45, 2.75) is 213 Å². The van der Waals surface area contributed by atoms with E-state index >= 15 is 0 Å². The van der Waals surface area contributed by atoms with Crippen LogP contribution in [-0.2, 0) is 4.79 Å². The third kappa shape index (κ3) is 32.6. The van der Waals surface area contributed by atoms with Crippen LogP contribution in [0.3, 0.4) is 0 Å². The van der Waals surface area contributed by atoms with Gasteiger partial charge in [-0.05, 0) is 18.3 Å². The fraction of sp³-hybridized carbons (Fsp3) is 0.972. The van der Waals surface area contributed by atoms with Gasteiger partial charge < -0.3 is 4.79 Å². The number of rotatable bonds is 32. The minimum absolute atomic E-state index is 0. The van der Waals surface area contributed by atoms with E-state index in [1.54, 1.807) is 0 Å². The first-order valence-corrected chi connectivity index (χ1v) is 17.7. The summed E-state index contributed by atoms with van der Waals surface area (Å²) in [6.45, 7) is 6.97. The van der Waals surface area contributed by atoms with Gasteiger partial charge in [0.1, 0.15) is 6.29 Å². The highest BCUT2D eigenvalue weighted by atomic mass is 35.5. The summed E-state index contributed by atoms with van der Waals surface area (Å²) in [6.07, 6.45) is 43.1. The monoisotopic (exact) mass is 593 g/mol. The Morgan fingerprint density at radius 1 is 0.359 bits per heavy atom. The van der Waals surface area contributed by atoms with Gasteiger partial charge in [0.25, 0.3) is 0 Å². The molecule has 0 aliphatic heterocycles. The molecule has 1 nitrogen and oxygen atoms in total. The zero-order valence-electron chi connectivity index (χ0n) is 27.2. The van der Waals surface area contributed by atoms with Crippen molar-refractivity contribution >= 4 is 31.1 Å². The third-order valence-electron chi connectivity index (χ3n) is 8.85. The van der Waals surface area contributed by atoms with E-state index in [-0.39, 0.29) is 24.8 Å². The maximum Gasteiger partial charge on any atom is 0.119 e. The summed E-state index contributed by atoms with van der Waals surface area (Å²) in [5.74, 6) is 1.96. The molecule has 0 heterocycles. The van der Waals surface area contributed by atoms with Crippen molar-refractivity contribution in [3.63, 3.8) is 0 Å². The molecule has 3 heteroatoms. The van der Waals surface area contributed by atoms with Crippen LogP contribution < -0.4 is 0 Å². The van der Waals surface area contributed by atoms with Crippen LogP contribution in [-0.4, -0.2) is 6.29 Å². The van der Waals surface area contributed by atoms with Crippen molar-refractivity contribution in [3.8, 4) is 0 Å². The van der Waals surface area contributed by atoms with Gasteiger partial charge in [-0.2, -0.15) is 0 Å². The van der Waals surface area contributed by atoms with Crippen molar-refractivity contribution in [3.05, 3.63) is 0 Å². The molecule has 0 N–H and O–H groups in total. The predicted molar refractivity (Wildman–Crippen MR) is 183 cm³/mol. The molecular weight excluding hydrogens is 519 g/mol. The number of unbranched alkanes of at least 4 members (excludes halogenated alkanes) is 22. The molecular formula is C36H74Cl2O. The molecule has 0 aliphatic carbocycles. The molecule has 0 saturated carbocycles. The molecule has 0 saturated heterocycles. The Morgan fingerprint density at radius 2 is 0.590 bits per heavy atom. The van der Waals surface area contributed by atoms with E-state index in [1.807, 2.05) is 0 Å². The number of halogens is 2. The predicted octanol–water partition coefficient (Wildman–Crippen LogP) is 14.0. The number of aldehydes is 1. The zero-order chi connectivity index (χ0) is 27.1. The van der Waals surface area contributed by atoms with E-state index < -0.39 is 0 Å². The second kappa shape index (κ2) is 38.2. The molecule has 0 radical (unpaired) electrons. The molecule has 0 aromatic heterocycles. The summed E-state index contributed by atoms with van der Waals surface area (Å²) in [4.78, 5) is 10.6. The molecule has 2 unspecified atom stereocenters. The van der Waals surface area contributed by atoms with Crippen LogP contribution in [0.1, 0.15) is 213 Å². The SMILES string of the molecule is CCCCCCCCCC(CCCCCCCC)C(CCCCCCCC=O)CCCCCCCCC.Cl.Cl. The van der Waals surface area contributed by atoms with Gasteiger partial charge in [-0.25, -0.2) is 0 Å². The van der Waals surface area contributed by atoms with E-state index in [1.165, 1.54) is 180 Å². The van der Waals surface area contributed by atoms with Gasteiger partial charge in [-0.1, -0.05) is 201 Å². The van der Waals surface area contributed by atoms with Crippen molar-refractivity contribution < 1.29 is 4.79 Å². The fourth-order valence-electron chi connectivity index (χ4n) is 6.31. The molecule has 0 amide bonds. The summed E-state index contributed by atoms with van der Waals surface area (Å²) >= 11 is 0. The van der Waals surface area contributed by atoms with Crippen LogP contribution in [0.5, 0.6) is 0 Å². The molecule has 0 fully saturated rings. The van der Waals surface area contributed by atoms with Gasteiger partial charge in [0.05, 0.1) is 0 Å². The van der Waals surface area contributed by atoms with Crippen molar-refractivity contribution in [2.75, 3.05) is 0 Å². The lowest BCUT2D eigenvalue weighted by Crippen LogP contribution is -2.16. The number of carbonyl (C=O) groups is 1. The largest absolute Gasteiger partial charge is 0.303 e. The standard InChI is InChI=1S/C36H72O.2ClH/c1-4-7-10-13-16-21-26-31-35(30-25-20-15-12-9-6-3)36(32-27-22-17-14-11-8-5-2)33-28-23-18-19-24-29-34-37;;/h34-36H,4-33H2,1-3H3;2*1H. The Bertz CT molecular complexity index is 428. The highest BCUT2D eigenvalue weighted by molar-refractivity contribution is 5.85. The third-order valence-corrected chi connectivity index (χ3v) is 8.85. The number of hydrogen-bond donors (Lipinski definition) is 0. The van der Waals surface area contributed by atoms with Crippen molar-refractivity contribution in [1.29, 1.82) is 0 Å². The summed E-state index contributed by atoms with van der Waals surface area (Å²) < 4.78 is 0. The Morgan fingerprint density at radius 3 is 0.846 bits per heavy atom. The lowest BCUT2D eigenvalue weighted by Gasteiger charge is -2.28. The molecule has 0 rings (SSSR count). The summed E-state index contributed by atoms with van der Waals surface area (Å²) in [7, 11) is 0. The first-order chi connectivity index (χ1) is 18.3. The second-order valence-electron chi connectivity index (χ2n) is 12.4. The smallest absolute Gasteiger partial charge is 0.119 e. The average molecular weight is 594 g/mol. The Labute approximate surface area is 260 Å². The van der Waals surface area contributed by atoms with E-state index in [0.717, 1.165) is 31.0 Å². The van der Waals surface area contributed by atoms with Crippen LogP contribution in [0.25, 0.3) is 0 Å².